The number of carbonyl (C=O) groups excluding carboxylic acids is 2. The van der Waals surface area contributed by atoms with E-state index in [4.69, 9.17) is 21.1 Å². The van der Waals surface area contributed by atoms with Crippen LogP contribution in [0.4, 0.5) is 5.69 Å². The summed E-state index contributed by atoms with van der Waals surface area (Å²) in [6, 6.07) is 15.0. The van der Waals surface area contributed by atoms with E-state index < -0.39 is 17.7 Å². The lowest BCUT2D eigenvalue weighted by Crippen LogP contribution is -2.29. The Kier molecular flexibility index (Phi) is 6.59. The first-order valence-electron chi connectivity index (χ1n) is 11.0. The van der Waals surface area contributed by atoms with Gasteiger partial charge in [0, 0.05) is 10.7 Å². The van der Waals surface area contributed by atoms with Crippen molar-refractivity contribution in [1.29, 1.82) is 0 Å². The molecule has 1 heterocycles. The lowest BCUT2D eigenvalue weighted by molar-refractivity contribution is -0.132. The molecule has 0 saturated carbocycles. The van der Waals surface area contributed by atoms with Crippen LogP contribution >= 0.6 is 11.6 Å². The molecule has 1 atom stereocenters. The molecule has 1 unspecified atom stereocenters. The number of benzene rings is 3. The molecule has 1 fully saturated rings. The standard InChI is InChI=1S/C28H26ClNO5/c1-15-11-17(3)27(35-5)21(12-15)25(31)23-24(18-7-6-8-20(13-18)34-4)30(28(33)26(23)32)19-10-9-16(2)22(29)14-19/h6-14,24,31H,1-5H3/b25-23+. The van der Waals surface area contributed by atoms with Crippen LogP contribution in [0.3, 0.4) is 0 Å². The highest BCUT2D eigenvalue weighted by atomic mass is 35.5. The second-order valence-corrected chi connectivity index (χ2v) is 8.95. The number of anilines is 1. The quantitative estimate of drug-likeness (QED) is 0.273. The van der Waals surface area contributed by atoms with Gasteiger partial charge in [0.1, 0.15) is 17.3 Å². The molecule has 180 valence electrons. The molecule has 0 spiro atoms. The van der Waals surface area contributed by atoms with E-state index in [1.807, 2.05) is 26.8 Å². The molecule has 1 N–H and O–H groups in total. The zero-order valence-electron chi connectivity index (χ0n) is 20.2. The summed E-state index contributed by atoms with van der Waals surface area (Å²) in [5.74, 6) is -0.877. The molecule has 0 radical (unpaired) electrons. The first-order chi connectivity index (χ1) is 16.7. The van der Waals surface area contributed by atoms with Crippen LogP contribution in [0, 0.1) is 20.8 Å². The summed E-state index contributed by atoms with van der Waals surface area (Å²) in [6.45, 7) is 5.59. The number of aryl methyl sites for hydroxylation is 3. The monoisotopic (exact) mass is 491 g/mol. The van der Waals surface area contributed by atoms with Crippen molar-refractivity contribution in [3.63, 3.8) is 0 Å². The maximum atomic E-state index is 13.4. The molecule has 7 heteroatoms. The molecule has 0 aromatic heterocycles. The van der Waals surface area contributed by atoms with E-state index in [0.29, 0.717) is 33.3 Å². The number of methoxy groups -OCH3 is 2. The average molecular weight is 492 g/mol. The lowest BCUT2D eigenvalue weighted by Gasteiger charge is -2.26. The zero-order chi connectivity index (χ0) is 25.4. The van der Waals surface area contributed by atoms with Gasteiger partial charge in [-0.25, -0.2) is 0 Å². The minimum absolute atomic E-state index is 0.0387. The van der Waals surface area contributed by atoms with Crippen LogP contribution in [-0.4, -0.2) is 31.0 Å². The van der Waals surface area contributed by atoms with Crippen LogP contribution in [0.25, 0.3) is 5.76 Å². The van der Waals surface area contributed by atoms with E-state index in [2.05, 4.69) is 0 Å². The minimum Gasteiger partial charge on any atom is -0.507 e. The molecule has 3 aromatic rings. The molecule has 1 amide bonds. The summed E-state index contributed by atoms with van der Waals surface area (Å²) in [5, 5.41) is 12.0. The number of hydrogen-bond acceptors (Lipinski definition) is 5. The van der Waals surface area contributed by atoms with E-state index >= 15 is 0 Å². The Labute approximate surface area is 209 Å². The normalized spacial score (nSPS) is 17.1. The summed E-state index contributed by atoms with van der Waals surface area (Å²) in [6.07, 6.45) is 0. The van der Waals surface area contributed by atoms with Crippen LogP contribution in [0.15, 0.2) is 60.2 Å². The Morgan fingerprint density at radius 3 is 2.34 bits per heavy atom. The highest BCUT2D eigenvalue weighted by Crippen LogP contribution is 2.45. The van der Waals surface area contributed by atoms with Crippen LogP contribution in [-0.2, 0) is 9.59 Å². The summed E-state index contributed by atoms with van der Waals surface area (Å²) in [7, 11) is 3.04. The molecule has 4 rings (SSSR count). The maximum Gasteiger partial charge on any atom is 0.300 e. The van der Waals surface area contributed by atoms with E-state index in [9.17, 15) is 14.7 Å². The first kappa shape index (κ1) is 24.4. The number of ether oxygens (including phenoxy) is 2. The predicted molar refractivity (Wildman–Crippen MR) is 136 cm³/mol. The second-order valence-electron chi connectivity index (χ2n) is 8.54. The molecule has 0 aliphatic carbocycles. The van der Waals surface area contributed by atoms with Gasteiger partial charge in [0.2, 0.25) is 0 Å². The summed E-state index contributed by atoms with van der Waals surface area (Å²) in [5.41, 5.74) is 3.87. The third-order valence-electron chi connectivity index (χ3n) is 6.17. The van der Waals surface area contributed by atoms with Crippen molar-refractivity contribution in [2.75, 3.05) is 19.1 Å². The van der Waals surface area contributed by atoms with Gasteiger partial charge in [0.25, 0.3) is 11.7 Å². The Bertz CT molecular complexity index is 1380. The van der Waals surface area contributed by atoms with Crippen molar-refractivity contribution in [1.82, 2.24) is 0 Å². The van der Waals surface area contributed by atoms with Crippen molar-refractivity contribution in [2.24, 2.45) is 0 Å². The highest BCUT2D eigenvalue weighted by molar-refractivity contribution is 6.52. The number of carbonyl (C=O) groups is 2. The van der Waals surface area contributed by atoms with Crippen LogP contribution in [0.5, 0.6) is 11.5 Å². The fourth-order valence-corrected chi connectivity index (χ4v) is 4.68. The number of ketones is 1. The number of Topliss-reactive ketones (excluding diaryl/α,β-unsaturated/α-hetero) is 1. The van der Waals surface area contributed by atoms with Gasteiger partial charge in [-0.1, -0.05) is 35.9 Å². The summed E-state index contributed by atoms with van der Waals surface area (Å²) in [4.78, 5) is 28.2. The third-order valence-corrected chi connectivity index (χ3v) is 6.57. The number of aliphatic hydroxyl groups excluding tert-OH is 1. The van der Waals surface area contributed by atoms with E-state index in [0.717, 1.165) is 16.7 Å². The van der Waals surface area contributed by atoms with Crippen molar-refractivity contribution < 1.29 is 24.2 Å². The van der Waals surface area contributed by atoms with Gasteiger partial charge in [0.05, 0.1) is 31.4 Å². The molecule has 35 heavy (non-hydrogen) atoms. The topological polar surface area (TPSA) is 76.1 Å². The van der Waals surface area contributed by atoms with Crippen molar-refractivity contribution in [3.05, 3.63) is 93.0 Å². The molecule has 3 aromatic carbocycles. The van der Waals surface area contributed by atoms with Crippen LogP contribution in [0.2, 0.25) is 5.02 Å². The highest BCUT2D eigenvalue weighted by Gasteiger charge is 2.47. The van der Waals surface area contributed by atoms with Gasteiger partial charge in [-0.2, -0.15) is 0 Å². The van der Waals surface area contributed by atoms with Gasteiger partial charge in [0.15, 0.2) is 0 Å². The van der Waals surface area contributed by atoms with E-state index in [-0.39, 0.29) is 11.3 Å². The number of nitrogens with zero attached hydrogens (tertiary/aromatic N) is 1. The van der Waals surface area contributed by atoms with Crippen LogP contribution in [0.1, 0.15) is 33.9 Å². The molecular formula is C28H26ClNO5. The van der Waals surface area contributed by atoms with Gasteiger partial charge in [-0.05, 0) is 73.4 Å². The van der Waals surface area contributed by atoms with Gasteiger partial charge in [-0.15, -0.1) is 0 Å². The van der Waals surface area contributed by atoms with Crippen molar-refractivity contribution in [2.45, 2.75) is 26.8 Å². The SMILES string of the molecule is COc1cccc(C2/C(=C(\O)c3cc(C)cc(C)c3OC)C(=O)C(=O)N2c2ccc(C)c(Cl)c2)c1. The number of hydrogen-bond donors (Lipinski definition) is 1. The van der Waals surface area contributed by atoms with Crippen LogP contribution < -0.4 is 14.4 Å². The van der Waals surface area contributed by atoms with E-state index in [1.54, 1.807) is 48.5 Å². The molecule has 1 saturated heterocycles. The Morgan fingerprint density at radius 1 is 0.943 bits per heavy atom. The number of aliphatic hydroxyl groups is 1. The molecule has 6 nitrogen and oxygen atoms in total. The van der Waals surface area contributed by atoms with Crippen molar-refractivity contribution in [3.8, 4) is 11.5 Å². The molecule has 1 aliphatic heterocycles. The van der Waals surface area contributed by atoms with E-state index in [1.165, 1.54) is 19.1 Å². The summed E-state index contributed by atoms with van der Waals surface area (Å²) >= 11 is 6.37. The van der Waals surface area contributed by atoms with Crippen molar-refractivity contribution >= 4 is 34.7 Å². The Balaban J connectivity index is 2.03. The second kappa shape index (κ2) is 9.47. The fraction of sp³-hybridized carbons (Fsp3) is 0.214. The zero-order valence-corrected chi connectivity index (χ0v) is 20.9. The summed E-state index contributed by atoms with van der Waals surface area (Å²) < 4.78 is 10.9. The molecular weight excluding hydrogens is 466 g/mol. The number of amides is 1. The fourth-order valence-electron chi connectivity index (χ4n) is 4.50. The number of halogens is 1. The minimum atomic E-state index is -0.908. The molecule has 1 aliphatic rings. The Morgan fingerprint density at radius 2 is 1.69 bits per heavy atom. The smallest absolute Gasteiger partial charge is 0.300 e. The number of rotatable bonds is 5. The molecule has 0 bridgehead atoms. The van der Waals surface area contributed by atoms with Gasteiger partial charge < -0.3 is 14.6 Å². The first-order valence-corrected chi connectivity index (χ1v) is 11.4. The predicted octanol–water partition coefficient (Wildman–Crippen LogP) is 5.91. The van der Waals surface area contributed by atoms with Gasteiger partial charge in [-0.3, -0.25) is 14.5 Å². The maximum absolute atomic E-state index is 13.4. The third kappa shape index (κ3) is 4.26. The Hall–Kier alpha value is -3.77. The lowest BCUT2D eigenvalue weighted by atomic mass is 9.93. The average Bonchev–Trinajstić information content (AvgIpc) is 3.10. The largest absolute Gasteiger partial charge is 0.507 e. The van der Waals surface area contributed by atoms with Gasteiger partial charge >= 0.3 is 0 Å².